The van der Waals surface area contributed by atoms with Crippen LogP contribution in [0, 0.1) is 0 Å². The summed E-state index contributed by atoms with van der Waals surface area (Å²) in [5, 5.41) is 2.81. The van der Waals surface area contributed by atoms with E-state index in [1.807, 2.05) is 36.4 Å². The Morgan fingerprint density at radius 3 is 1.57 bits per heavy atom. The quantitative estimate of drug-likeness (QED) is 0.0637. The van der Waals surface area contributed by atoms with E-state index >= 15 is 0 Å². The molecule has 1 N–H and O–H groups in total. The summed E-state index contributed by atoms with van der Waals surface area (Å²) in [4.78, 5) is 12.3. The number of aryl methyl sites for hydroxylation is 1. The lowest BCUT2D eigenvalue weighted by molar-refractivity contribution is -0.0178. The van der Waals surface area contributed by atoms with Gasteiger partial charge in [0.2, 0.25) is 0 Å². The SMILES string of the molecule is CCCCCCCCc1ccc(OCCOCCOCCOCCOCCOCCOCCCNC(=O)OCC2c3ccccc3-c3ccccc32)cc1. The minimum atomic E-state index is -0.409. The van der Waals surface area contributed by atoms with E-state index in [9.17, 15) is 4.79 Å². The topological polar surface area (TPSA) is 103 Å². The predicted octanol–water partition coefficient (Wildman–Crippen LogP) is 8.00. The zero-order valence-corrected chi connectivity index (χ0v) is 32.4. The highest BCUT2D eigenvalue weighted by atomic mass is 16.6. The van der Waals surface area contributed by atoms with E-state index in [0.29, 0.717) is 105 Å². The largest absolute Gasteiger partial charge is 0.491 e. The number of carbonyl (C=O) groups is 1. The molecule has 0 saturated carbocycles. The fourth-order valence-electron chi connectivity index (χ4n) is 6.30. The molecule has 10 nitrogen and oxygen atoms in total. The van der Waals surface area contributed by atoms with Crippen LogP contribution in [0.4, 0.5) is 4.79 Å². The van der Waals surface area contributed by atoms with Crippen LogP contribution in [0.3, 0.4) is 0 Å². The summed E-state index contributed by atoms with van der Waals surface area (Å²) in [5.41, 5.74) is 6.20. The average molecular weight is 750 g/mol. The molecule has 0 aromatic heterocycles. The van der Waals surface area contributed by atoms with Gasteiger partial charge in [-0.15, -0.1) is 0 Å². The number of benzene rings is 3. The summed E-state index contributed by atoms with van der Waals surface area (Å²) < 4.78 is 44.7. The lowest BCUT2D eigenvalue weighted by Gasteiger charge is -2.14. The van der Waals surface area contributed by atoms with Gasteiger partial charge in [-0.25, -0.2) is 4.79 Å². The van der Waals surface area contributed by atoms with E-state index < -0.39 is 6.09 Å². The molecule has 1 aliphatic rings. The van der Waals surface area contributed by atoms with Crippen LogP contribution in [-0.2, 0) is 39.6 Å². The van der Waals surface area contributed by atoms with Crippen molar-refractivity contribution in [1.29, 1.82) is 0 Å². The van der Waals surface area contributed by atoms with Crippen LogP contribution in [-0.4, -0.2) is 105 Å². The number of rotatable bonds is 32. The van der Waals surface area contributed by atoms with Gasteiger partial charge in [-0.3, -0.25) is 0 Å². The molecular weight excluding hydrogens is 686 g/mol. The van der Waals surface area contributed by atoms with Crippen molar-refractivity contribution in [2.24, 2.45) is 0 Å². The maximum Gasteiger partial charge on any atom is 0.407 e. The second-order valence-electron chi connectivity index (χ2n) is 13.3. The van der Waals surface area contributed by atoms with Crippen molar-refractivity contribution in [3.05, 3.63) is 89.5 Å². The molecule has 0 radical (unpaired) electrons. The highest BCUT2D eigenvalue weighted by Crippen LogP contribution is 2.44. The number of carbonyl (C=O) groups excluding carboxylic acids is 1. The van der Waals surface area contributed by atoms with Gasteiger partial charge in [0.15, 0.2) is 0 Å². The molecule has 1 amide bonds. The number of alkyl carbamates (subject to hydrolysis) is 1. The van der Waals surface area contributed by atoms with Gasteiger partial charge in [-0.1, -0.05) is 99.7 Å². The van der Waals surface area contributed by atoms with Crippen molar-refractivity contribution in [1.82, 2.24) is 5.32 Å². The molecule has 298 valence electrons. The highest BCUT2D eigenvalue weighted by molar-refractivity contribution is 5.79. The molecule has 10 heteroatoms. The Labute approximate surface area is 323 Å². The normalized spacial score (nSPS) is 12.1. The van der Waals surface area contributed by atoms with E-state index in [1.165, 1.54) is 66.3 Å². The Bertz CT molecular complexity index is 1360. The number of hydrogen-bond donors (Lipinski definition) is 1. The first kappa shape index (κ1) is 43.2. The van der Waals surface area contributed by atoms with Crippen LogP contribution >= 0.6 is 0 Å². The summed E-state index contributed by atoms with van der Waals surface area (Å²) in [6.07, 6.45) is 9.35. The third-order valence-electron chi connectivity index (χ3n) is 9.18. The van der Waals surface area contributed by atoms with E-state index in [1.54, 1.807) is 0 Å². The van der Waals surface area contributed by atoms with E-state index in [0.717, 1.165) is 12.2 Å². The van der Waals surface area contributed by atoms with Gasteiger partial charge in [-0.2, -0.15) is 0 Å². The zero-order chi connectivity index (χ0) is 37.7. The minimum Gasteiger partial charge on any atom is -0.491 e. The molecule has 0 saturated heterocycles. The van der Waals surface area contributed by atoms with Gasteiger partial charge < -0.3 is 43.2 Å². The monoisotopic (exact) mass is 749 g/mol. The Morgan fingerprint density at radius 2 is 1.02 bits per heavy atom. The molecular formula is C44H63NO9. The van der Waals surface area contributed by atoms with Gasteiger partial charge >= 0.3 is 6.09 Å². The Balaban J connectivity index is 0.828. The van der Waals surface area contributed by atoms with Crippen molar-refractivity contribution in [2.75, 3.05) is 99.0 Å². The van der Waals surface area contributed by atoms with Crippen molar-refractivity contribution in [3.8, 4) is 16.9 Å². The fourth-order valence-corrected chi connectivity index (χ4v) is 6.30. The molecule has 1 aliphatic carbocycles. The van der Waals surface area contributed by atoms with Gasteiger partial charge in [0, 0.05) is 19.1 Å². The van der Waals surface area contributed by atoms with Crippen molar-refractivity contribution >= 4 is 6.09 Å². The summed E-state index contributed by atoms with van der Waals surface area (Å²) in [5.74, 6) is 0.936. The number of amides is 1. The predicted molar refractivity (Wildman–Crippen MR) is 212 cm³/mol. The lowest BCUT2D eigenvalue weighted by atomic mass is 9.98. The van der Waals surface area contributed by atoms with Crippen molar-refractivity contribution in [3.63, 3.8) is 0 Å². The average Bonchev–Trinajstić information content (AvgIpc) is 3.52. The number of hydrogen-bond acceptors (Lipinski definition) is 9. The standard InChI is InChI=1S/C44H63NO9/c1-2-3-4-5-6-7-13-37-18-20-38(21-19-37)53-35-34-52-33-32-51-31-30-50-29-28-49-27-26-48-25-24-47-23-12-22-45-44(46)54-36-43-41-16-10-8-14-39(41)40-15-9-11-17-42(40)43/h8-11,14-21,43H,2-7,12-13,22-36H2,1H3,(H,45,46). The van der Waals surface area contributed by atoms with Gasteiger partial charge in [0.1, 0.15) is 19.0 Å². The van der Waals surface area contributed by atoms with Crippen LogP contribution in [0.2, 0.25) is 0 Å². The first-order chi connectivity index (χ1) is 26.8. The van der Waals surface area contributed by atoms with Crippen LogP contribution in [0.1, 0.15) is 74.5 Å². The van der Waals surface area contributed by atoms with E-state index in [-0.39, 0.29) is 5.92 Å². The number of unbranched alkanes of at least 4 members (excludes halogenated alkanes) is 5. The Morgan fingerprint density at radius 1 is 0.537 bits per heavy atom. The van der Waals surface area contributed by atoms with Gasteiger partial charge in [0.05, 0.1) is 72.7 Å². The second kappa shape index (κ2) is 28.0. The molecule has 0 spiro atoms. The molecule has 0 aliphatic heterocycles. The highest BCUT2D eigenvalue weighted by Gasteiger charge is 2.28. The van der Waals surface area contributed by atoms with Gasteiger partial charge in [0.25, 0.3) is 0 Å². The zero-order valence-electron chi connectivity index (χ0n) is 32.4. The van der Waals surface area contributed by atoms with Crippen molar-refractivity contribution < 1.29 is 42.7 Å². The molecule has 3 aromatic carbocycles. The molecule has 0 unspecified atom stereocenters. The first-order valence-electron chi connectivity index (χ1n) is 20.0. The maximum absolute atomic E-state index is 12.3. The van der Waals surface area contributed by atoms with Crippen LogP contribution in [0.25, 0.3) is 11.1 Å². The molecule has 0 fully saturated rings. The number of nitrogens with one attached hydrogen (secondary N) is 1. The Hall–Kier alpha value is -3.51. The maximum atomic E-state index is 12.3. The molecule has 3 aromatic rings. The van der Waals surface area contributed by atoms with Crippen molar-refractivity contribution in [2.45, 2.75) is 64.2 Å². The van der Waals surface area contributed by atoms with Crippen LogP contribution < -0.4 is 10.1 Å². The van der Waals surface area contributed by atoms with Crippen LogP contribution in [0.5, 0.6) is 5.75 Å². The molecule has 0 heterocycles. The molecule has 54 heavy (non-hydrogen) atoms. The molecule has 0 atom stereocenters. The summed E-state index contributed by atoms with van der Waals surface area (Å²) in [6.45, 7) is 9.66. The summed E-state index contributed by atoms with van der Waals surface area (Å²) in [6, 6.07) is 25.0. The third kappa shape index (κ3) is 17.3. The van der Waals surface area contributed by atoms with E-state index in [2.05, 4.69) is 48.6 Å². The minimum absolute atomic E-state index is 0.0541. The van der Waals surface area contributed by atoms with Crippen LogP contribution in [0.15, 0.2) is 72.8 Å². The third-order valence-corrected chi connectivity index (χ3v) is 9.18. The first-order valence-corrected chi connectivity index (χ1v) is 20.0. The number of fused-ring (bicyclic) bond motifs is 3. The summed E-state index contributed by atoms with van der Waals surface area (Å²) in [7, 11) is 0. The van der Waals surface area contributed by atoms with Gasteiger partial charge in [-0.05, 0) is 59.2 Å². The fraction of sp³-hybridized carbons (Fsp3) is 0.568. The smallest absolute Gasteiger partial charge is 0.407 e. The molecule has 0 bridgehead atoms. The lowest BCUT2D eigenvalue weighted by Crippen LogP contribution is -2.27. The Kier molecular flexibility index (Phi) is 22.4. The number of ether oxygens (including phenoxy) is 8. The van der Waals surface area contributed by atoms with E-state index in [4.69, 9.17) is 37.9 Å². The summed E-state index contributed by atoms with van der Waals surface area (Å²) >= 11 is 0. The molecule has 4 rings (SSSR count). The second-order valence-corrected chi connectivity index (χ2v) is 13.3.